The normalized spacial score (nSPS) is 11.8. The lowest BCUT2D eigenvalue weighted by Gasteiger charge is -2.11. The Morgan fingerprint density at radius 1 is 1.15 bits per heavy atom. The minimum atomic E-state index is -0.531. The fourth-order valence-corrected chi connectivity index (χ4v) is 4.05. The molecular formula is C25H23N3O5. The van der Waals surface area contributed by atoms with Crippen molar-refractivity contribution in [3.8, 4) is 22.6 Å². The van der Waals surface area contributed by atoms with Crippen molar-refractivity contribution in [3.05, 3.63) is 69.1 Å². The number of H-pyrrole nitrogens is 2. The Morgan fingerprint density at radius 3 is 2.55 bits per heavy atom. The minimum absolute atomic E-state index is 0.0190. The summed E-state index contributed by atoms with van der Waals surface area (Å²) in [5, 5.41) is 14.2. The molecule has 3 N–H and O–H groups in total. The van der Waals surface area contributed by atoms with E-state index >= 15 is 0 Å². The first-order valence-corrected chi connectivity index (χ1v) is 10.6. The number of hydrogen-bond donors (Lipinski definition) is 3. The van der Waals surface area contributed by atoms with Crippen LogP contribution in [0, 0.1) is 0 Å². The monoisotopic (exact) mass is 445 g/mol. The molecule has 0 unspecified atom stereocenters. The molecule has 0 radical (unpaired) electrons. The highest BCUT2D eigenvalue weighted by molar-refractivity contribution is 6.15. The number of aromatic nitrogens is 3. The van der Waals surface area contributed by atoms with E-state index < -0.39 is 11.2 Å². The number of pyridine rings is 1. The van der Waals surface area contributed by atoms with Gasteiger partial charge in [0.2, 0.25) is 11.2 Å². The molecule has 8 nitrogen and oxygen atoms in total. The molecule has 0 amide bonds. The van der Waals surface area contributed by atoms with E-state index in [2.05, 4.69) is 16.7 Å². The third kappa shape index (κ3) is 3.22. The van der Waals surface area contributed by atoms with E-state index in [1.807, 2.05) is 45.0 Å². The highest BCUT2D eigenvalue weighted by atomic mass is 16.5. The predicted octanol–water partition coefficient (Wildman–Crippen LogP) is 4.83. The molecule has 5 aromatic rings. The van der Waals surface area contributed by atoms with Crippen LogP contribution in [0.1, 0.15) is 26.8 Å². The zero-order chi connectivity index (χ0) is 23.4. The molecule has 0 saturated heterocycles. The lowest BCUT2D eigenvalue weighted by atomic mass is 10.0. The van der Waals surface area contributed by atoms with Crippen LogP contribution in [0.15, 0.2) is 62.6 Å². The zero-order valence-corrected chi connectivity index (χ0v) is 18.5. The summed E-state index contributed by atoms with van der Waals surface area (Å²) in [5.74, 6) is 0.209. The second-order valence-corrected chi connectivity index (χ2v) is 8.49. The number of furan rings is 1. The standard InChI is InChI=1S/C25H23N3O5/c1-12(2)11-32-15-7-5-14(6-8-15)18-19-24(28(13(3)4)27-25(19)31)26-20-16-9-10-17(29)21(30)22(16)33-23(18)20/h5-10,13,26,30H,1,11H2,2-4H3,(H,27,31). The van der Waals surface area contributed by atoms with Gasteiger partial charge in [0, 0.05) is 17.0 Å². The van der Waals surface area contributed by atoms with E-state index in [9.17, 15) is 14.7 Å². The SMILES string of the molecule is C=C(C)COc1ccc(-c2c3oc4c(O)c(=O)ccc4c3[nH]c3c2c(=O)[nH]n3C(C)C)cc1. The maximum atomic E-state index is 13.1. The molecule has 0 atom stereocenters. The molecule has 5 rings (SSSR count). The summed E-state index contributed by atoms with van der Waals surface area (Å²) in [6.45, 7) is 10.1. The number of hydrogen-bond acceptors (Lipinski definition) is 5. The minimum Gasteiger partial charge on any atom is -0.502 e. The van der Waals surface area contributed by atoms with Gasteiger partial charge in [-0.05, 0) is 56.2 Å². The number of nitrogens with one attached hydrogen (secondary N) is 2. The van der Waals surface area contributed by atoms with Gasteiger partial charge in [0.25, 0.3) is 5.56 Å². The molecule has 0 spiro atoms. The molecule has 0 aliphatic carbocycles. The molecule has 0 aliphatic rings. The van der Waals surface area contributed by atoms with Crippen molar-refractivity contribution < 1.29 is 14.3 Å². The van der Waals surface area contributed by atoms with E-state index in [1.54, 1.807) is 10.7 Å². The molecule has 3 aromatic heterocycles. The van der Waals surface area contributed by atoms with Crippen LogP contribution in [-0.4, -0.2) is 26.5 Å². The van der Waals surface area contributed by atoms with Crippen LogP contribution in [0.25, 0.3) is 44.2 Å². The maximum Gasteiger partial charge on any atom is 0.274 e. The van der Waals surface area contributed by atoms with Gasteiger partial charge in [-0.25, -0.2) is 0 Å². The molecule has 0 fully saturated rings. The molecule has 3 heterocycles. The van der Waals surface area contributed by atoms with E-state index in [4.69, 9.17) is 9.15 Å². The van der Waals surface area contributed by atoms with Gasteiger partial charge in [-0.2, -0.15) is 0 Å². The topological polar surface area (TPSA) is 113 Å². The summed E-state index contributed by atoms with van der Waals surface area (Å²) in [7, 11) is 0. The van der Waals surface area contributed by atoms with Crippen LogP contribution in [0.2, 0.25) is 0 Å². The number of fused-ring (bicyclic) bond motifs is 4. The summed E-state index contributed by atoms with van der Waals surface area (Å²) < 4.78 is 13.5. The number of phenols is 1. The quantitative estimate of drug-likeness (QED) is 0.336. The Bertz CT molecular complexity index is 1660. The zero-order valence-electron chi connectivity index (χ0n) is 18.5. The lowest BCUT2D eigenvalue weighted by Crippen LogP contribution is -2.07. The second kappa shape index (κ2) is 7.44. The molecule has 33 heavy (non-hydrogen) atoms. The van der Waals surface area contributed by atoms with Gasteiger partial charge in [0.15, 0.2) is 11.2 Å². The molecular weight excluding hydrogens is 422 g/mol. The first-order valence-electron chi connectivity index (χ1n) is 10.6. The van der Waals surface area contributed by atoms with Crippen LogP contribution in [0.4, 0.5) is 0 Å². The largest absolute Gasteiger partial charge is 0.502 e. The van der Waals surface area contributed by atoms with Crippen molar-refractivity contribution in [3.63, 3.8) is 0 Å². The van der Waals surface area contributed by atoms with Gasteiger partial charge in [-0.1, -0.05) is 18.7 Å². The highest BCUT2D eigenvalue weighted by Gasteiger charge is 2.24. The summed E-state index contributed by atoms with van der Waals surface area (Å²) in [6.07, 6.45) is 0. The fourth-order valence-electron chi connectivity index (χ4n) is 4.05. The number of aromatic amines is 2. The van der Waals surface area contributed by atoms with Crippen LogP contribution >= 0.6 is 0 Å². The molecule has 0 aliphatic heterocycles. The van der Waals surface area contributed by atoms with Crippen LogP contribution in [-0.2, 0) is 0 Å². The van der Waals surface area contributed by atoms with Crippen LogP contribution in [0.3, 0.4) is 0 Å². The summed E-state index contributed by atoms with van der Waals surface area (Å²) in [4.78, 5) is 28.3. The first kappa shape index (κ1) is 20.7. The van der Waals surface area contributed by atoms with Crippen molar-refractivity contribution in [1.82, 2.24) is 14.8 Å². The number of ether oxygens (including phenoxy) is 1. The summed E-state index contributed by atoms with van der Waals surface area (Å²) >= 11 is 0. The smallest absolute Gasteiger partial charge is 0.274 e. The van der Waals surface area contributed by atoms with E-state index in [0.717, 1.165) is 11.1 Å². The van der Waals surface area contributed by atoms with E-state index in [-0.39, 0.29) is 17.2 Å². The number of benzene rings is 2. The fraction of sp³-hybridized carbons (Fsp3) is 0.200. The Balaban J connectivity index is 1.87. The molecule has 0 bridgehead atoms. The highest BCUT2D eigenvalue weighted by Crippen LogP contribution is 2.40. The molecule has 8 heteroatoms. The van der Waals surface area contributed by atoms with Gasteiger partial charge >= 0.3 is 0 Å². The number of nitrogens with zero attached hydrogens (tertiary/aromatic N) is 1. The molecule has 168 valence electrons. The number of aromatic hydroxyl groups is 1. The van der Waals surface area contributed by atoms with Gasteiger partial charge in [-0.3, -0.25) is 19.4 Å². The molecule has 0 saturated carbocycles. The van der Waals surface area contributed by atoms with Crippen molar-refractivity contribution >= 4 is 33.1 Å². The van der Waals surface area contributed by atoms with Crippen molar-refractivity contribution in [2.75, 3.05) is 6.61 Å². The average Bonchev–Trinajstić information content (AvgIpc) is 3.32. The average molecular weight is 445 g/mol. The van der Waals surface area contributed by atoms with E-state index in [1.165, 1.54) is 6.07 Å². The first-order chi connectivity index (χ1) is 15.8. The Kier molecular flexibility index (Phi) is 4.67. The molecule has 2 aromatic carbocycles. The summed E-state index contributed by atoms with van der Waals surface area (Å²) in [5.41, 5.74) is 3.02. The number of rotatable bonds is 5. The maximum absolute atomic E-state index is 13.1. The van der Waals surface area contributed by atoms with Crippen LogP contribution < -0.4 is 15.7 Å². The van der Waals surface area contributed by atoms with Gasteiger partial charge in [0.05, 0.1) is 10.9 Å². The lowest BCUT2D eigenvalue weighted by molar-refractivity contribution is 0.353. The van der Waals surface area contributed by atoms with Crippen molar-refractivity contribution in [2.45, 2.75) is 26.8 Å². The summed E-state index contributed by atoms with van der Waals surface area (Å²) in [6, 6.07) is 10.2. The Hall–Kier alpha value is -4.20. The Morgan fingerprint density at radius 2 is 1.88 bits per heavy atom. The van der Waals surface area contributed by atoms with Gasteiger partial charge < -0.3 is 19.2 Å². The number of phenolic OH excluding ortho intramolecular Hbond substituents is 1. The van der Waals surface area contributed by atoms with Crippen LogP contribution in [0.5, 0.6) is 11.5 Å². The van der Waals surface area contributed by atoms with Crippen molar-refractivity contribution in [2.24, 2.45) is 0 Å². The second-order valence-electron chi connectivity index (χ2n) is 8.49. The van der Waals surface area contributed by atoms with Crippen molar-refractivity contribution in [1.29, 1.82) is 0 Å². The predicted molar refractivity (Wildman–Crippen MR) is 128 cm³/mol. The Labute approximate surface area is 187 Å². The third-order valence-electron chi connectivity index (χ3n) is 5.59. The third-order valence-corrected chi connectivity index (χ3v) is 5.59. The van der Waals surface area contributed by atoms with Gasteiger partial charge in [-0.15, -0.1) is 0 Å². The van der Waals surface area contributed by atoms with E-state index in [0.29, 0.717) is 45.4 Å². The van der Waals surface area contributed by atoms with Gasteiger partial charge in [0.1, 0.15) is 18.0 Å².